The molecule has 0 saturated heterocycles. The van der Waals surface area contributed by atoms with Crippen LogP contribution >= 0.6 is 23.1 Å². The lowest BCUT2D eigenvalue weighted by atomic mass is 10.3. The van der Waals surface area contributed by atoms with E-state index in [0.29, 0.717) is 17.2 Å². The van der Waals surface area contributed by atoms with E-state index in [0.717, 1.165) is 10.0 Å². The van der Waals surface area contributed by atoms with Crippen molar-refractivity contribution < 1.29 is 19.1 Å². The van der Waals surface area contributed by atoms with Gasteiger partial charge in [0.2, 0.25) is 12.7 Å². The highest BCUT2D eigenvalue weighted by molar-refractivity contribution is 8.01. The largest absolute Gasteiger partial charge is 0.454 e. The van der Waals surface area contributed by atoms with Gasteiger partial charge in [-0.2, -0.15) is 0 Å². The highest BCUT2D eigenvalue weighted by Crippen LogP contribution is 2.34. The topological polar surface area (TPSA) is 89.6 Å². The molecule has 0 bridgehead atoms. The van der Waals surface area contributed by atoms with Gasteiger partial charge in [0.05, 0.1) is 5.75 Å². The minimum absolute atomic E-state index is 0.127. The second-order valence-corrected chi connectivity index (χ2v) is 6.69. The van der Waals surface area contributed by atoms with Crippen molar-refractivity contribution in [3.63, 3.8) is 0 Å². The summed E-state index contributed by atoms with van der Waals surface area (Å²) in [7, 11) is 0. The summed E-state index contributed by atoms with van der Waals surface area (Å²) in [5.41, 5.74) is 1.43. The molecule has 3 amide bonds. The number of rotatable bonds is 4. The van der Waals surface area contributed by atoms with E-state index in [-0.39, 0.29) is 18.5 Å². The van der Waals surface area contributed by atoms with Crippen LogP contribution in [0.15, 0.2) is 27.9 Å². The molecule has 1 aromatic carbocycles. The number of amides is 3. The van der Waals surface area contributed by atoms with Crippen LogP contribution in [-0.4, -0.2) is 29.5 Å². The fourth-order valence-corrected chi connectivity index (χ4v) is 3.47. The Morgan fingerprint density at radius 3 is 2.96 bits per heavy atom. The molecule has 0 radical (unpaired) electrons. The van der Waals surface area contributed by atoms with E-state index in [9.17, 15) is 9.59 Å². The Hall–Kier alpha value is -2.26. The maximum absolute atomic E-state index is 11.8. The molecule has 0 spiro atoms. The number of ether oxygens (including phenoxy) is 2. The number of thiazole rings is 1. The van der Waals surface area contributed by atoms with Crippen LogP contribution in [0.2, 0.25) is 0 Å². The SMILES string of the molecule is Cc1csc(SCC(=O)NC(=O)Nc2ccc3c(c2)OCO3)n1. The van der Waals surface area contributed by atoms with Crippen LogP contribution in [0.25, 0.3) is 0 Å². The Labute approximate surface area is 140 Å². The van der Waals surface area contributed by atoms with Gasteiger partial charge in [-0.25, -0.2) is 9.78 Å². The third-order valence-electron chi connectivity index (χ3n) is 2.81. The molecule has 9 heteroatoms. The molecule has 0 fully saturated rings. The molecular weight excluding hydrogens is 338 g/mol. The smallest absolute Gasteiger partial charge is 0.325 e. The first-order valence-corrected chi connectivity index (χ1v) is 8.52. The number of carbonyl (C=O) groups excluding carboxylic acids is 2. The second kappa shape index (κ2) is 6.88. The Balaban J connectivity index is 1.48. The first-order chi connectivity index (χ1) is 11.1. The normalized spacial score (nSPS) is 12.0. The highest BCUT2D eigenvalue weighted by atomic mass is 32.2. The summed E-state index contributed by atoms with van der Waals surface area (Å²) in [5.74, 6) is 0.925. The summed E-state index contributed by atoms with van der Waals surface area (Å²) in [6.45, 7) is 2.05. The first-order valence-electron chi connectivity index (χ1n) is 6.65. The lowest BCUT2D eigenvalue weighted by molar-refractivity contribution is -0.117. The molecular formula is C14H13N3O4S2. The number of aryl methyl sites for hydroxylation is 1. The number of thioether (sulfide) groups is 1. The van der Waals surface area contributed by atoms with Gasteiger partial charge in [-0.15, -0.1) is 11.3 Å². The average molecular weight is 351 g/mol. The summed E-state index contributed by atoms with van der Waals surface area (Å²) in [5, 5.41) is 6.75. The van der Waals surface area contributed by atoms with Crippen LogP contribution in [-0.2, 0) is 4.79 Å². The van der Waals surface area contributed by atoms with E-state index in [1.54, 1.807) is 18.2 Å². The highest BCUT2D eigenvalue weighted by Gasteiger charge is 2.15. The van der Waals surface area contributed by atoms with Crippen LogP contribution in [0.5, 0.6) is 11.5 Å². The third kappa shape index (κ3) is 4.14. The van der Waals surface area contributed by atoms with Crippen LogP contribution in [0.1, 0.15) is 5.69 Å². The fourth-order valence-electron chi connectivity index (χ4n) is 1.83. The van der Waals surface area contributed by atoms with Gasteiger partial charge in [0, 0.05) is 22.8 Å². The van der Waals surface area contributed by atoms with Crippen molar-refractivity contribution in [1.82, 2.24) is 10.3 Å². The van der Waals surface area contributed by atoms with Gasteiger partial charge in [0.15, 0.2) is 15.8 Å². The van der Waals surface area contributed by atoms with Gasteiger partial charge in [-0.05, 0) is 19.1 Å². The van der Waals surface area contributed by atoms with Gasteiger partial charge in [0.25, 0.3) is 0 Å². The Morgan fingerprint density at radius 2 is 2.17 bits per heavy atom. The van der Waals surface area contributed by atoms with Gasteiger partial charge in [0.1, 0.15) is 0 Å². The summed E-state index contributed by atoms with van der Waals surface area (Å²) in [4.78, 5) is 27.8. The van der Waals surface area contributed by atoms with Crippen LogP contribution in [0, 0.1) is 6.92 Å². The van der Waals surface area contributed by atoms with E-state index < -0.39 is 6.03 Å². The zero-order valence-electron chi connectivity index (χ0n) is 12.1. The summed E-state index contributed by atoms with van der Waals surface area (Å²) < 4.78 is 11.2. The lowest BCUT2D eigenvalue weighted by Crippen LogP contribution is -2.35. The van der Waals surface area contributed by atoms with Crippen molar-refractivity contribution >= 4 is 40.7 Å². The van der Waals surface area contributed by atoms with E-state index >= 15 is 0 Å². The van der Waals surface area contributed by atoms with Gasteiger partial charge >= 0.3 is 6.03 Å². The zero-order valence-corrected chi connectivity index (χ0v) is 13.8. The number of carbonyl (C=O) groups is 2. The molecule has 0 aliphatic carbocycles. The maximum Gasteiger partial charge on any atom is 0.325 e. The van der Waals surface area contributed by atoms with Crippen molar-refractivity contribution in [3.8, 4) is 11.5 Å². The number of anilines is 1. The van der Waals surface area contributed by atoms with Crippen molar-refractivity contribution in [2.75, 3.05) is 17.9 Å². The Morgan fingerprint density at radius 1 is 1.35 bits per heavy atom. The second-order valence-electron chi connectivity index (χ2n) is 4.61. The molecule has 1 aromatic heterocycles. The number of imide groups is 1. The van der Waals surface area contributed by atoms with Gasteiger partial charge < -0.3 is 14.8 Å². The molecule has 2 N–H and O–H groups in total. The van der Waals surface area contributed by atoms with Gasteiger partial charge in [-0.3, -0.25) is 10.1 Å². The molecule has 23 heavy (non-hydrogen) atoms. The van der Waals surface area contributed by atoms with Crippen molar-refractivity contribution in [2.24, 2.45) is 0 Å². The van der Waals surface area contributed by atoms with Crippen molar-refractivity contribution in [1.29, 1.82) is 0 Å². The number of aromatic nitrogens is 1. The van der Waals surface area contributed by atoms with Crippen LogP contribution < -0.4 is 20.1 Å². The molecule has 3 rings (SSSR count). The molecule has 2 aromatic rings. The number of nitrogens with zero attached hydrogens (tertiary/aromatic N) is 1. The zero-order chi connectivity index (χ0) is 16.2. The van der Waals surface area contributed by atoms with Gasteiger partial charge in [-0.1, -0.05) is 11.8 Å². The Kier molecular flexibility index (Phi) is 4.68. The number of fused-ring (bicyclic) bond motifs is 1. The number of hydrogen-bond donors (Lipinski definition) is 2. The lowest BCUT2D eigenvalue weighted by Gasteiger charge is -2.07. The molecule has 2 heterocycles. The summed E-state index contributed by atoms with van der Waals surface area (Å²) in [6.07, 6.45) is 0. The standard InChI is InChI=1S/C14H13N3O4S2/c1-8-5-22-14(15-8)23-6-12(18)17-13(19)16-9-2-3-10-11(4-9)21-7-20-10/h2-5H,6-7H2,1H3,(H2,16,17,18,19). The minimum Gasteiger partial charge on any atom is -0.454 e. The number of nitrogens with one attached hydrogen (secondary N) is 2. The predicted octanol–water partition coefficient (Wildman–Crippen LogP) is 2.62. The quantitative estimate of drug-likeness (QED) is 0.823. The molecule has 0 unspecified atom stereocenters. The van der Waals surface area contributed by atoms with E-state index in [1.165, 1.54) is 23.1 Å². The van der Waals surface area contributed by atoms with E-state index in [4.69, 9.17) is 9.47 Å². The summed E-state index contributed by atoms with van der Waals surface area (Å²) >= 11 is 2.76. The molecule has 1 aliphatic rings. The maximum atomic E-state index is 11.8. The number of benzene rings is 1. The predicted molar refractivity (Wildman–Crippen MR) is 87.3 cm³/mol. The number of hydrogen-bond acceptors (Lipinski definition) is 7. The molecule has 0 atom stereocenters. The van der Waals surface area contributed by atoms with Crippen molar-refractivity contribution in [2.45, 2.75) is 11.3 Å². The third-order valence-corrected chi connectivity index (χ3v) is 4.95. The molecule has 7 nitrogen and oxygen atoms in total. The number of urea groups is 1. The molecule has 0 saturated carbocycles. The summed E-state index contributed by atoms with van der Waals surface area (Å²) in [6, 6.07) is 4.41. The van der Waals surface area contributed by atoms with E-state index in [1.807, 2.05) is 12.3 Å². The van der Waals surface area contributed by atoms with Crippen LogP contribution in [0.3, 0.4) is 0 Å². The first kappa shape index (κ1) is 15.6. The minimum atomic E-state index is -0.593. The van der Waals surface area contributed by atoms with E-state index in [2.05, 4.69) is 15.6 Å². The fraction of sp³-hybridized carbons (Fsp3) is 0.214. The average Bonchev–Trinajstić information content (AvgIpc) is 3.13. The Bertz CT molecular complexity index is 747. The van der Waals surface area contributed by atoms with Crippen LogP contribution in [0.4, 0.5) is 10.5 Å². The van der Waals surface area contributed by atoms with Crippen molar-refractivity contribution in [3.05, 3.63) is 29.3 Å². The molecule has 120 valence electrons. The monoisotopic (exact) mass is 351 g/mol. The molecule has 1 aliphatic heterocycles.